The van der Waals surface area contributed by atoms with Crippen LogP contribution in [0.4, 0.5) is 0 Å². The quantitative estimate of drug-likeness (QED) is 0.450. The predicted octanol–water partition coefficient (Wildman–Crippen LogP) is 5.26. The van der Waals surface area contributed by atoms with Gasteiger partial charge in [0, 0.05) is 5.02 Å². The molecule has 0 amide bonds. The Morgan fingerprint density at radius 2 is 1.56 bits per heavy atom. The zero-order chi connectivity index (χ0) is 17.3. The Morgan fingerprint density at radius 1 is 0.880 bits per heavy atom. The zero-order valence-corrected chi connectivity index (χ0v) is 15.5. The summed E-state index contributed by atoms with van der Waals surface area (Å²) in [5, 5.41) is 1.21. The van der Waals surface area contributed by atoms with Crippen LogP contribution in [0, 0.1) is 0 Å². The molecule has 1 heterocycles. The summed E-state index contributed by atoms with van der Waals surface area (Å²) in [7, 11) is -3.37. The molecule has 0 fully saturated rings. The summed E-state index contributed by atoms with van der Waals surface area (Å²) in [4.78, 5) is 4.58. The zero-order valence-electron chi connectivity index (χ0n) is 13.0. The minimum absolute atomic E-state index is 0.481. The molecule has 0 bridgehead atoms. The van der Waals surface area contributed by atoms with Gasteiger partial charge in [-0.05, 0) is 48.5 Å². The Bertz CT molecular complexity index is 1030. The maximum atomic E-state index is 13.9. The molecule has 3 nitrogen and oxygen atoms in total. The number of aromatic nitrogens is 1. The molecule has 25 heavy (non-hydrogen) atoms. The molecule has 6 heteroatoms. The summed E-state index contributed by atoms with van der Waals surface area (Å²) in [5.74, 6) is 0.496. The van der Waals surface area contributed by atoms with E-state index in [1.807, 2.05) is 54.6 Å². The molecule has 1 aromatic heterocycles. The van der Waals surface area contributed by atoms with Crippen LogP contribution in [0.25, 0.3) is 10.2 Å². The lowest BCUT2D eigenvalue weighted by atomic mass is 10.3. The lowest BCUT2D eigenvalue weighted by Gasteiger charge is -2.17. The highest BCUT2D eigenvalue weighted by Crippen LogP contribution is 2.46. The Hall–Kier alpha value is -2.13. The van der Waals surface area contributed by atoms with E-state index in [-0.39, 0.29) is 0 Å². The molecule has 0 aliphatic heterocycles. The smallest absolute Gasteiger partial charge is 0.334 e. The molecule has 0 aliphatic carbocycles. The lowest BCUT2D eigenvalue weighted by Crippen LogP contribution is -2.19. The van der Waals surface area contributed by atoms with Gasteiger partial charge in [0.25, 0.3) is 0 Å². The molecule has 3 aromatic carbocycles. The number of benzene rings is 3. The van der Waals surface area contributed by atoms with E-state index >= 15 is 0 Å². The number of nitrogens with zero attached hydrogens (tertiary/aromatic N) is 1. The number of rotatable bonds is 4. The van der Waals surface area contributed by atoms with Crippen molar-refractivity contribution in [2.75, 3.05) is 0 Å². The third-order valence-corrected chi connectivity index (χ3v) is 7.81. The van der Waals surface area contributed by atoms with Crippen LogP contribution in [-0.4, -0.2) is 4.98 Å². The van der Waals surface area contributed by atoms with Gasteiger partial charge in [-0.2, -0.15) is 0 Å². The monoisotopic (exact) mass is 385 g/mol. The van der Waals surface area contributed by atoms with E-state index < -0.39 is 7.37 Å². The van der Waals surface area contributed by atoms with Crippen LogP contribution >= 0.6 is 30.3 Å². The summed E-state index contributed by atoms with van der Waals surface area (Å²) in [5.41, 5.74) is 0.818. The Balaban J connectivity index is 1.86. The number of hydrogen-bond acceptors (Lipinski definition) is 4. The molecule has 124 valence electrons. The first kappa shape index (κ1) is 16.3. The molecule has 1 atom stereocenters. The maximum absolute atomic E-state index is 13.9. The van der Waals surface area contributed by atoms with Crippen LogP contribution in [0.1, 0.15) is 0 Å². The van der Waals surface area contributed by atoms with E-state index in [1.54, 1.807) is 24.3 Å². The van der Waals surface area contributed by atoms with Gasteiger partial charge in [-0.3, -0.25) is 4.57 Å². The summed E-state index contributed by atoms with van der Waals surface area (Å²) in [6.07, 6.45) is 0. The summed E-state index contributed by atoms with van der Waals surface area (Å²) in [6, 6.07) is 23.8. The lowest BCUT2D eigenvalue weighted by molar-refractivity contribution is 0.502. The molecule has 0 saturated heterocycles. The minimum Gasteiger partial charge on any atom is -0.435 e. The van der Waals surface area contributed by atoms with Gasteiger partial charge in [-0.15, -0.1) is 11.3 Å². The third kappa shape index (κ3) is 3.21. The van der Waals surface area contributed by atoms with Crippen molar-refractivity contribution in [1.29, 1.82) is 0 Å². The van der Waals surface area contributed by atoms with E-state index in [9.17, 15) is 4.57 Å². The van der Waals surface area contributed by atoms with E-state index in [0.717, 1.165) is 10.2 Å². The normalized spacial score (nSPS) is 13.5. The van der Waals surface area contributed by atoms with Crippen LogP contribution < -0.4 is 14.6 Å². The SMILES string of the molecule is O=[P@](Oc1ccc(Cl)cc1)(c1ccccc1)c1nc2ccccc2s1. The van der Waals surface area contributed by atoms with Crippen LogP contribution in [0.5, 0.6) is 5.75 Å². The van der Waals surface area contributed by atoms with Crippen molar-refractivity contribution in [2.45, 2.75) is 0 Å². The first-order valence-electron chi connectivity index (χ1n) is 7.62. The maximum Gasteiger partial charge on any atom is 0.334 e. The van der Waals surface area contributed by atoms with Crippen LogP contribution in [0.15, 0.2) is 78.9 Å². The van der Waals surface area contributed by atoms with Crippen molar-refractivity contribution in [1.82, 2.24) is 4.98 Å². The molecular formula is C19H13ClNO2PS. The van der Waals surface area contributed by atoms with Gasteiger partial charge in [0.15, 0.2) is 4.75 Å². The Labute approximate surface area is 154 Å². The highest BCUT2D eigenvalue weighted by Gasteiger charge is 2.34. The van der Waals surface area contributed by atoms with E-state index in [0.29, 0.717) is 20.8 Å². The van der Waals surface area contributed by atoms with E-state index in [1.165, 1.54) is 11.3 Å². The average molecular weight is 386 g/mol. The number of halogens is 1. The number of fused-ring (bicyclic) bond motifs is 1. The summed E-state index contributed by atoms with van der Waals surface area (Å²) >= 11 is 7.33. The van der Waals surface area contributed by atoms with Crippen LogP contribution in [0.2, 0.25) is 5.02 Å². The van der Waals surface area contributed by atoms with Crippen molar-refractivity contribution in [2.24, 2.45) is 0 Å². The highest BCUT2D eigenvalue weighted by atomic mass is 35.5. The van der Waals surface area contributed by atoms with Gasteiger partial charge in [-0.1, -0.05) is 41.9 Å². The fourth-order valence-corrected chi connectivity index (χ4v) is 6.12. The van der Waals surface area contributed by atoms with Gasteiger partial charge in [0.05, 0.1) is 15.5 Å². The summed E-state index contributed by atoms with van der Waals surface area (Å²) < 4.78 is 21.4. The van der Waals surface area contributed by atoms with Gasteiger partial charge < -0.3 is 4.52 Å². The first-order chi connectivity index (χ1) is 12.1. The van der Waals surface area contributed by atoms with Crippen molar-refractivity contribution >= 4 is 50.6 Å². The third-order valence-electron chi connectivity index (χ3n) is 3.68. The molecule has 0 radical (unpaired) electrons. The molecule has 0 saturated carbocycles. The molecule has 4 aromatic rings. The van der Waals surface area contributed by atoms with E-state index in [4.69, 9.17) is 16.1 Å². The van der Waals surface area contributed by atoms with Crippen molar-refractivity contribution in [3.8, 4) is 5.75 Å². The second-order valence-electron chi connectivity index (χ2n) is 5.40. The van der Waals surface area contributed by atoms with Crippen LogP contribution in [0.3, 0.4) is 0 Å². The molecule has 0 N–H and O–H groups in total. The predicted molar refractivity (Wildman–Crippen MR) is 105 cm³/mol. The van der Waals surface area contributed by atoms with Crippen molar-refractivity contribution < 1.29 is 9.09 Å². The number of para-hydroxylation sites is 1. The fourth-order valence-electron chi connectivity index (χ4n) is 2.46. The number of hydrogen-bond donors (Lipinski definition) is 0. The van der Waals surface area contributed by atoms with Gasteiger partial charge in [0.1, 0.15) is 5.75 Å². The van der Waals surface area contributed by atoms with Gasteiger partial charge >= 0.3 is 7.37 Å². The fraction of sp³-hybridized carbons (Fsp3) is 0. The van der Waals surface area contributed by atoms with Crippen LogP contribution in [-0.2, 0) is 4.57 Å². The average Bonchev–Trinajstić information content (AvgIpc) is 3.09. The number of thiazole rings is 1. The molecular weight excluding hydrogens is 373 g/mol. The standard InChI is InChI=1S/C19H13ClNO2PS/c20-14-10-12-15(13-11-14)23-24(22,16-6-2-1-3-7-16)19-21-17-8-4-5-9-18(17)25-19/h1-13H/t24-/m0/s1. The Kier molecular flexibility index (Phi) is 4.34. The Morgan fingerprint density at radius 3 is 2.28 bits per heavy atom. The van der Waals surface area contributed by atoms with Gasteiger partial charge in [-0.25, -0.2) is 4.98 Å². The minimum atomic E-state index is -3.37. The molecule has 0 unspecified atom stereocenters. The largest absolute Gasteiger partial charge is 0.435 e. The second-order valence-corrected chi connectivity index (χ2v) is 9.39. The van der Waals surface area contributed by atoms with E-state index in [2.05, 4.69) is 4.98 Å². The highest BCUT2D eigenvalue weighted by molar-refractivity contribution is 7.79. The van der Waals surface area contributed by atoms with Crippen molar-refractivity contribution in [3.63, 3.8) is 0 Å². The van der Waals surface area contributed by atoms with Gasteiger partial charge in [0.2, 0.25) is 0 Å². The second kappa shape index (κ2) is 6.64. The molecule has 0 aliphatic rings. The molecule has 0 spiro atoms. The summed E-state index contributed by atoms with van der Waals surface area (Å²) in [6.45, 7) is 0. The molecule has 4 rings (SSSR count). The first-order valence-corrected chi connectivity index (χ1v) is 10.4. The topological polar surface area (TPSA) is 39.2 Å². The van der Waals surface area contributed by atoms with Crippen molar-refractivity contribution in [3.05, 3.63) is 83.9 Å².